The van der Waals surface area contributed by atoms with Crippen LogP contribution in [0.1, 0.15) is 45.7 Å². The first-order valence-electron chi connectivity index (χ1n) is 15.1. The highest BCUT2D eigenvalue weighted by Gasteiger charge is 2.30. The molecule has 7 rings (SSSR count). The maximum absolute atomic E-state index is 13.7. The van der Waals surface area contributed by atoms with Gasteiger partial charge in [0.2, 0.25) is 0 Å². The number of likely N-dealkylation sites (tertiary alicyclic amines) is 1. The number of benzene rings is 2. The average Bonchev–Trinajstić information content (AvgIpc) is 3.86. The van der Waals surface area contributed by atoms with Gasteiger partial charge in [-0.15, -0.1) is 0 Å². The van der Waals surface area contributed by atoms with Crippen LogP contribution in [0.25, 0.3) is 22.3 Å². The lowest BCUT2D eigenvalue weighted by Gasteiger charge is -2.29. The molecule has 11 nitrogen and oxygen atoms in total. The Morgan fingerprint density at radius 3 is 2.37 bits per heavy atom. The van der Waals surface area contributed by atoms with Crippen LogP contribution < -0.4 is 4.74 Å². The van der Waals surface area contributed by atoms with E-state index in [0.717, 1.165) is 16.7 Å². The number of methoxy groups -OCH3 is 1. The summed E-state index contributed by atoms with van der Waals surface area (Å²) in [4.78, 5) is 40.7. The number of aromatic amines is 1. The number of nitrogens with zero attached hydrogens (tertiary/aromatic N) is 7. The molecular formula is C35H32N8O3. The minimum atomic E-state index is -0.602. The first-order chi connectivity index (χ1) is 22.5. The maximum Gasteiger partial charge on any atom is 0.295 e. The van der Waals surface area contributed by atoms with Crippen LogP contribution in [-0.2, 0) is 11.3 Å². The maximum atomic E-state index is 13.7. The van der Waals surface area contributed by atoms with E-state index in [4.69, 9.17) is 4.74 Å². The summed E-state index contributed by atoms with van der Waals surface area (Å²) < 4.78 is 9.02. The molecule has 6 aromatic rings. The summed E-state index contributed by atoms with van der Waals surface area (Å²) in [5.74, 6) is 0.274. The van der Waals surface area contributed by atoms with E-state index in [1.54, 1.807) is 18.2 Å². The summed E-state index contributed by atoms with van der Waals surface area (Å²) in [5.41, 5.74) is 6.43. The Bertz CT molecular complexity index is 2060. The molecule has 1 aliphatic heterocycles. The molecular weight excluding hydrogens is 580 g/mol. The van der Waals surface area contributed by atoms with E-state index in [1.165, 1.54) is 35.3 Å². The minimum Gasteiger partial charge on any atom is -0.494 e. The van der Waals surface area contributed by atoms with Gasteiger partial charge >= 0.3 is 0 Å². The normalized spacial score (nSPS) is 13.3. The Kier molecular flexibility index (Phi) is 7.71. The number of H-pyrrole nitrogens is 1. The molecule has 1 fully saturated rings. The first-order valence-corrected chi connectivity index (χ1v) is 15.1. The zero-order valence-corrected chi connectivity index (χ0v) is 25.6. The molecule has 1 amide bonds. The van der Waals surface area contributed by atoms with Crippen molar-refractivity contribution in [1.82, 2.24) is 39.4 Å². The zero-order valence-electron chi connectivity index (χ0n) is 25.6. The summed E-state index contributed by atoms with van der Waals surface area (Å²) in [6, 6.07) is 20.5. The van der Waals surface area contributed by atoms with Crippen LogP contribution >= 0.6 is 0 Å². The highest BCUT2D eigenvalue weighted by molar-refractivity contribution is 6.45. The second-order valence-electron chi connectivity index (χ2n) is 11.2. The van der Waals surface area contributed by atoms with Crippen molar-refractivity contribution in [3.05, 3.63) is 125 Å². The Labute approximate surface area is 265 Å². The number of carbonyl (C=O) groups is 2. The van der Waals surface area contributed by atoms with Gasteiger partial charge in [0.25, 0.3) is 11.7 Å². The largest absolute Gasteiger partial charge is 0.494 e. The molecule has 0 spiro atoms. The van der Waals surface area contributed by atoms with Gasteiger partial charge in [-0.3, -0.25) is 14.3 Å². The standard InChI is InChI=1S/C35H32N8O3/c1-23-38-22-43(40-23)34-32-31(29(46-2)19-37-34)28(18-36-32)33(44)35(45)41-15-13-26(14-16-41)30(25-11-7-4-8-12-25)27-17-39-42(21-27)20-24-9-5-3-6-10-24/h3-12,17-19,21-22,36H,13-16,20H2,1-2H3. The summed E-state index contributed by atoms with van der Waals surface area (Å²) in [6.07, 6.45) is 9.89. The van der Waals surface area contributed by atoms with Crippen molar-refractivity contribution in [3.8, 4) is 11.6 Å². The van der Waals surface area contributed by atoms with Crippen molar-refractivity contribution in [1.29, 1.82) is 0 Å². The summed E-state index contributed by atoms with van der Waals surface area (Å²) in [5, 5.41) is 9.49. The SMILES string of the molecule is COc1cnc(-n2cnc(C)n2)c2[nH]cc(C(=O)C(=O)N3CCC(=C(c4ccccc4)c4cnn(Cc5ccccc5)c4)CC3)c12. The number of amides is 1. The second kappa shape index (κ2) is 12.3. The third-order valence-corrected chi connectivity index (χ3v) is 8.32. The van der Waals surface area contributed by atoms with Crippen LogP contribution in [0.2, 0.25) is 0 Å². The molecule has 0 atom stereocenters. The van der Waals surface area contributed by atoms with Crippen LogP contribution in [0.5, 0.6) is 5.75 Å². The van der Waals surface area contributed by atoms with E-state index in [9.17, 15) is 9.59 Å². The first kappa shape index (κ1) is 28.9. The predicted octanol–water partition coefficient (Wildman–Crippen LogP) is 5.01. The van der Waals surface area contributed by atoms with Crippen molar-refractivity contribution < 1.29 is 14.3 Å². The van der Waals surface area contributed by atoms with Gasteiger partial charge in [-0.25, -0.2) is 14.6 Å². The van der Waals surface area contributed by atoms with Crippen molar-refractivity contribution in [2.24, 2.45) is 0 Å². The molecule has 0 bridgehead atoms. The monoisotopic (exact) mass is 612 g/mol. The molecule has 0 aliphatic carbocycles. The van der Waals surface area contributed by atoms with Crippen LogP contribution in [-0.4, -0.2) is 71.3 Å². The molecule has 0 radical (unpaired) electrons. The van der Waals surface area contributed by atoms with Gasteiger partial charge in [-0.1, -0.05) is 66.2 Å². The topological polar surface area (TPSA) is 124 Å². The number of nitrogens with one attached hydrogen (secondary N) is 1. The lowest BCUT2D eigenvalue weighted by Crippen LogP contribution is -2.40. The fraction of sp³-hybridized carbons (Fsp3) is 0.200. The van der Waals surface area contributed by atoms with Crippen LogP contribution in [0, 0.1) is 6.92 Å². The number of pyridine rings is 1. The highest BCUT2D eigenvalue weighted by atomic mass is 16.5. The van der Waals surface area contributed by atoms with Crippen LogP contribution in [0.15, 0.2) is 97.4 Å². The van der Waals surface area contributed by atoms with E-state index in [1.807, 2.05) is 47.3 Å². The van der Waals surface area contributed by atoms with Gasteiger partial charge in [0, 0.05) is 31.0 Å². The molecule has 0 saturated carbocycles. The lowest BCUT2D eigenvalue weighted by molar-refractivity contribution is -0.126. The fourth-order valence-electron chi connectivity index (χ4n) is 6.08. The molecule has 1 N–H and O–H groups in total. The molecule has 5 heterocycles. The quantitative estimate of drug-likeness (QED) is 0.189. The number of Topliss-reactive ketones (excluding diaryl/α,β-unsaturated/α-hetero) is 1. The van der Waals surface area contributed by atoms with Crippen LogP contribution in [0.3, 0.4) is 0 Å². The number of hydrogen-bond acceptors (Lipinski definition) is 7. The number of ether oxygens (including phenoxy) is 1. The molecule has 1 saturated heterocycles. The Hall–Kier alpha value is -5.84. The van der Waals surface area contributed by atoms with Crippen molar-refractivity contribution in [2.45, 2.75) is 26.3 Å². The number of carbonyl (C=O) groups excluding carboxylic acids is 2. The van der Waals surface area contributed by atoms with Gasteiger partial charge in [0.1, 0.15) is 17.9 Å². The fourth-order valence-corrected chi connectivity index (χ4v) is 6.08. The van der Waals surface area contributed by atoms with Crippen molar-refractivity contribution in [2.75, 3.05) is 20.2 Å². The number of ketones is 1. The summed E-state index contributed by atoms with van der Waals surface area (Å²) in [7, 11) is 1.51. The lowest BCUT2D eigenvalue weighted by atomic mass is 9.89. The predicted molar refractivity (Wildman–Crippen MR) is 173 cm³/mol. The smallest absolute Gasteiger partial charge is 0.295 e. The van der Waals surface area contributed by atoms with E-state index in [-0.39, 0.29) is 5.56 Å². The molecule has 4 aromatic heterocycles. The third-order valence-electron chi connectivity index (χ3n) is 8.32. The van der Waals surface area contributed by atoms with Gasteiger partial charge < -0.3 is 14.6 Å². The van der Waals surface area contributed by atoms with E-state index >= 15 is 0 Å². The number of aryl methyl sites for hydroxylation is 1. The van der Waals surface area contributed by atoms with Gasteiger partial charge in [-0.2, -0.15) is 10.2 Å². The van der Waals surface area contributed by atoms with E-state index < -0.39 is 11.7 Å². The Morgan fingerprint density at radius 1 is 0.935 bits per heavy atom. The number of rotatable bonds is 8. The molecule has 1 aliphatic rings. The van der Waals surface area contributed by atoms with Crippen LogP contribution in [0.4, 0.5) is 0 Å². The van der Waals surface area contributed by atoms with Crippen molar-refractivity contribution in [3.63, 3.8) is 0 Å². The Morgan fingerprint density at radius 2 is 1.67 bits per heavy atom. The molecule has 11 heteroatoms. The van der Waals surface area contributed by atoms with Gasteiger partial charge in [0.15, 0.2) is 5.82 Å². The zero-order chi connectivity index (χ0) is 31.6. The molecule has 0 unspecified atom stereocenters. The Balaban J connectivity index is 1.14. The average molecular weight is 613 g/mol. The van der Waals surface area contributed by atoms with Crippen molar-refractivity contribution >= 4 is 28.2 Å². The summed E-state index contributed by atoms with van der Waals surface area (Å²) in [6.45, 7) is 3.32. The van der Waals surface area contributed by atoms with Gasteiger partial charge in [-0.05, 0) is 36.5 Å². The van der Waals surface area contributed by atoms with Gasteiger partial charge in [0.05, 0.1) is 42.5 Å². The molecule has 2 aromatic carbocycles. The highest BCUT2D eigenvalue weighted by Crippen LogP contribution is 2.34. The summed E-state index contributed by atoms with van der Waals surface area (Å²) >= 11 is 0. The molecule has 230 valence electrons. The third kappa shape index (κ3) is 5.47. The van der Waals surface area contributed by atoms with E-state index in [2.05, 4.69) is 55.6 Å². The number of fused-ring (bicyclic) bond motifs is 1. The minimum absolute atomic E-state index is 0.231. The molecule has 46 heavy (non-hydrogen) atoms. The number of aromatic nitrogens is 7. The second-order valence-corrected chi connectivity index (χ2v) is 11.2. The number of piperidine rings is 1. The number of hydrogen-bond donors (Lipinski definition) is 1. The van der Waals surface area contributed by atoms with E-state index in [0.29, 0.717) is 60.8 Å².